The molecule has 200 valence electrons. The molecule has 0 saturated carbocycles. The number of benzene rings is 8. The van der Waals surface area contributed by atoms with Gasteiger partial charge >= 0.3 is 0 Å². The molecule has 0 aliphatic rings. The normalized spacial score (nSPS) is 16.9. The SMILES string of the molecule is [2H]c1cc2c(-c3cccc(-c4c([2H])c([2H])c5oc6c([2H])c([2H])c([2H])c([2H])c6c5c4[2H])c3)c3cc([2H])c([2H])cc3c(-c3cc([2H])c4c([2H])c([2H])c([2H])c([2H])c4c3)c2cc1[2H]. The highest BCUT2D eigenvalue weighted by molar-refractivity contribution is 6.22. The molecule has 9 rings (SSSR count). The number of furan rings is 1. The zero-order valence-corrected chi connectivity index (χ0v) is 22.2. The van der Waals surface area contributed by atoms with Crippen LogP contribution in [0.2, 0.25) is 0 Å². The van der Waals surface area contributed by atoms with E-state index in [1.165, 1.54) is 36.4 Å². The van der Waals surface area contributed by atoms with Crippen molar-refractivity contribution < 1.29 is 26.3 Å². The van der Waals surface area contributed by atoms with Gasteiger partial charge in [-0.1, -0.05) is 127 Å². The van der Waals surface area contributed by atoms with Gasteiger partial charge in [0.2, 0.25) is 0 Å². The van der Waals surface area contributed by atoms with Crippen LogP contribution in [0.5, 0.6) is 0 Å². The zero-order valence-electron chi connectivity index (χ0n) is 38.2. The van der Waals surface area contributed by atoms with E-state index in [0.717, 1.165) is 0 Å². The lowest BCUT2D eigenvalue weighted by Gasteiger charge is -2.18. The van der Waals surface area contributed by atoms with Crippen LogP contribution in [-0.2, 0) is 0 Å². The topological polar surface area (TPSA) is 13.1 Å². The fourth-order valence-corrected chi connectivity index (χ4v) is 5.82. The van der Waals surface area contributed by atoms with Crippen LogP contribution in [-0.4, -0.2) is 0 Å². The van der Waals surface area contributed by atoms with Crippen LogP contribution in [0.3, 0.4) is 0 Å². The quantitative estimate of drug-likeness (QED) is 0.195. The van der Waals surface area contributed by atoms with Gasteiger partial charge in [0.15, 0.2) is 0 Å². The lowest BCUT2D eigenvalue weighted by molar-refractivity contribution is 0.669. The van der Waals surface area contributed by atoms with Crippen LogP contribution in [0.1, 0.15) is 21.9 Å². The number of hydrogen-bond acceptors (Lipinski definition) is 1. The number of para-hydroxylation sites is 1. The van der Waals surface area contributed by atoms with Crippen LogP contribution in [0.25, 0.3) is 87.6 Å². The molecular weight excluding hydrogens is 520 g/mol. The summed E-state index contributed by atoms with van der Waals surface area (Å²) in [7, 11) is 0. The van der Waals surface area contributed by atoms with Crippen LogP contribution >= 0.6 is 0 Å². The third-order valence-corrected chi connectivity index (χ3v) is 7.69. The van der Waals surface area contributed by atoms with Crippen LogP contribution in [0.4, 0.5) is 0 Å². The lowest BCUT2D eigenvalue weighted by Crippen LogP contribution is -1.91. The van der Waals surface area contributed by atoms with Crippen LogP contribution < -0.4 is 0 Å². The van der Waals surface area contributed by atoms with Gasteiger partial charge in [0.05, 0.1) is 21.9 Å². The molecule has 0 aliphatic carbocycles. The largest absolute Gasteiger partial charge is 0.456 e. The van der Waals surface area contributed by atoms with Gasteiger partial charge in [-0.3, -0.25) is 0 Å². The third-order valence-electron chi connectivity index (χ3n) is 7.69. The van der Waals surface area contributed by atoms with Crippen molar-refractivity contribution in [2.24, 2.45) is 0 Å². The Balaban J connectivity index is 1.38. The Labute approximate surface area is 271 Å². The molecule has 0 unspecified atom stereocenters. The maximum atomic E-state index is 9.33. The fraction of sp³-hybridized carbons (Fsp3) is 0. The minimum Gasteiger partial charge on any atom is -0.456 e. The molecule has 0 aliphatic heterocycles. The van der Waals surface area contributed by atoms with Crippen LogP contribution in [0, 0.1) is 0 Å². The summed E-state index contributed by atoms with van der Waals surface area (Å²) < 4.78 is 144. The molecule has 0 amide bonds. The van der Waals surface area contributed by atoms with E-state index >= 15 is 0 Å². The summed E-state index contributed by atoms with van der Waals surface area (Å²) in [6, 6.07) is 10.0. The van der Waals surface area contributed by atoms with Crippen molar-refractivity contribution in [1.82, 2.24) is 0 Å². The highest BCUT2D eigenvalue weighted by Gasteiger charge is 2.17. The Bertz CT molecular complexity index is 3340. The molecule has 0 fully saturated rings. The second kappa shape index (κ2) is 9.44. The van der Waals surface area contributed by atoms with Gasteiger partial charge in [-0.15, -0.1) is 0 Å². The number of fused-ring (bicyclic) bond motifs is 6. The average molecular weight is 563 g/mol. The van der Waals surface area contributed by atoms with Crippen molar-refractivity contribution >= 4 is 54.3 Å². The molecule has 8 aromatic carbocycles. The highest BCUT2D eigenvalue weighted by Crippen LogP contribution is 2.44. The molecule has 9 aromatic rings. The summed E-state index contributed by atoms with van der Waals surface area (Å²) in [6.45, 7) is 0. The van der Waals surface area contributed by atoms with E-state index in [9.17, 15) is 1.37 Å². The fourth-order valence-electron chi connectivity index (χ4n) is 5.82. The second-order valence-electron chi connectivity index (χ2n) is 10.1. The minimum atomic E-state index is -0.543. The van der Waals surface area contributed by atoms with E-state index in [-0.39, 0.29) is 92.7 Å². The Hall–Kier alpha value is -5.66. The first-order chi connectivity index (χ1) is 27.9. The van der Waals surface area contributed by atoms with Gasteiger partial charge in [-0.25, -0.2) is 0 Å². The van der Waals surface area contributed by atoms with Gasteiger partial charge in [0.1, 0.15) is 11.2 Å². The van der Waals surface area contributed by atoms with Gasteiger partial charge in [0, 0.05) is 10.8 Å². The first kappa shape index (κ1) is 13.1. The van der Waals surface area contributed by atoms with Crippen LogP contribution in [0.15, 0.2) is 162 Å². The first-order valence-corrected chi connectivity index (χ1v) is 13.4. The molecular formula is C42H26O. The van der Waals surface area contributed by atoms with E-state index in [1.54, 1.807) is 24.3 Å². The lowest BCUT2D eigenvalue weighted by atomic mass is 9.85. The van der Waals surface area contributed by atoms with Crippen molar-refractivity contribution in [2.45, 2.75) is 0 Å². The average Bonchev–Trinajstić information content (AvgIpc) is 3.62. The first-order valence-electron chi connectivity index (χ1n) is 21.4. The van der Waals surface area contributed by atoms with Gasteiger partial charge in [-0.2, -0.15) is 0 Å². The van der Waals surface area contributed by atoms with Gasteiger partial charge < -0.3 is 4.42 Å². The summed E-state index contributed by atoms with van der Waals surface area (Å²) in [5, 5.41) is 1.64. The van der Waals surface area contributed by atoms with E-state index < -0.39 is 42.3 Å². The van der Waals surface area contributed by atoms with Crippen molar-refractivity contribution in [3.05, 3.63) is 157 Å². The molecule has 1 heterocycles. The summed E-state index contributed by atoms with van der Waals surface area (Å²) >= 11 is 0. The molecule has 1 heteroatoms. The van der Waals surface area contributed by atoms with Crippen molar-refractivity contribution in [3.63, 3.8) is 0 Å². The molecule has 1 nitrogen and oxygen atoms in total. The highest BCUT2D eigenvalue weighted by atomic mass is 16.3. The van der Waals surface area contributed by atoms with Crippen molar-refractivity contribution in [1.29, 1.82) is 0 Å². The Morgan fingerprint density at radius 3 is 1.74 bits per heavy atom. The summed E-state index contributed by atoms with van der Waals surface area (Å²) in [5.41, 5.74) is 1.50. The van der Waals surface area contributed by atoms with E-state index in [2.05, 4.69) is 0 Å². The Morgan fingerprint density at radius 1 is 0.395 bits per heavy atom. The van der Waals surface area contributed by atoms with Crippen molar-refractivity contribution in [3.8, 4) is 33.4 Å². The third kappa shape index (κ3) is 3.79. The molecule has 0 bridgehead atoms. The molecule has 0 atom stereocenters. The van der Waals surface area contributed by atoms with E-state index in [4.69, 9.17) is 25.0 Å². The summed E-state index contributed by atoms with van der Waals surface area (Å²) in [4.78, 5) is 0. The standard InChI is InChI=1S/C42H26O/c1-2-11-28-24-32(21-20-27(28)10-1)42-36-17-5-3-15-34(36)41(35-16-4-6-18-37(35)42)31-13-9-12-29(25-31)30-22-23-40-38(26-30)33-14-7-8-19-39(33)43-40/h1-26H/i1D,2D,3D,4D,5D,6D,7D,8D,10D,11D,14D,19D,20D,22D,23D,26D. The molecule has 1 aromatic heterocycles. The molecule has 0 spiro atoms. The zero-order chi connectivity index (χ0) is 42.3. The predicted molar refractivity (Wildman–Crippen MR) is 183 cm³/mol. The summed E-state index contributed by atoms with van der Waals surface area (Å²) in [6.07, 6.45) is 0. The van der Waals surface area contributed by atoms with Crippen molar-refractivity contribution in [2.75, 3.05) is 0 Å². The molecule has 0 radical (unpaired) electrons. The van der Waals surface area contributed by atoms with E-state index in [0.29, 0.717) is 49.4 Å². The molecule has 0 N–H and O–H groups in total. The van der Waals surface area contributed by atoms with Gasteiger partial charge in [0.25, 0.3) is 0 Å². The summed E-state index contributed by atoms with van der Waals surface area (Å²) in [5.74, 6) is 0. The predicted octanol–water partition coefficient (Wildman–Crippen LogP) is 12.0. The molecule has 0 saturated heterocycles. The maximum absolute atomic E-state index is 9.33. The Kier molecular flexibility index (Phi) is 2.88. The molecule has 43 heavy (non-hydrogen) atoms. The Morgan fingerprint density at radius 2 is 1.00 bits per heavy atom. The van der Waals surface area contributed by atoms with E-state index in [1.807, 2.05) is 0 Å². The van der Waals surface area contributed by atoms with Gasteiger partial charge in [-0.05, 0) is 96.0 Å². The maximum Gasteiger partial charge on any atom is 0.135 e. The minimum absolute atomic E-state index is 0.0161. The number of hydrogen-bond donors (Lipinski definition) is 0. The number of rotatable bonds is 3. The second-order valence-corrected chi connectivity index (χ2v) is 10.1. The monoisotopic (exact) mass is 562 g/mol. The smallest absolute Gasteiger partial charge is 0.135 e.